The molecule has 0 saturated carbocycles. The summed E-state index contributed by atoms with van der Waals surface area (Å²) in [5, 5.41) is 8.37. The molecule has 1 amide bonds. The van der Waals surface area contributed by atoms with Crippen molar-refractivity contribution in [1.82, 2.24) is 24.2 Å². The van der Waals surface area contributed by atoms with Crippen LogP contribution < -0.4 is 5.32 Å². The Labute approximate surface area is 271 Å². The second-order valence-electron chi connectivity index (χ2n) is 11.0. The first-order valence-electron chi connectivity index (χ1n) is 15.5. The standard InChI is InChI=1S/C31H42N7O5PS/c1-7-8-12-17-45-31-35-27-28(36-30(40)23-13-10-9-11-14-23)33-20-34-29(27)37(31)26-18-24(25(19-39)42-26)43-44(41-16-15-32-6)38(21(2)3)22(4)5/h7,9-11,13-14,20-22,24-26,39H,1,8,12,15-19H2,2-5H3,(H,33,34,36,40)/i39T. The molecule has 1 aliphatic heterocycles. The number of imidazole rings is 1. The number of aromatic nitrogens is 4. The zero-order valence-electron chi connectivity index (χ0n) is 27.2. The summed E-state index contributed by atoms with van der Waals surface area (Å²) in [6, 6.07) is 9.16. The highest BCUT2D eigenvalue weighted by Crippen LogP contribution is 2.50. The highest BCUT2D eigenvalue weighted by Gasteiger charge is 2.42. The van der Waals surface area contributed by atoms with Crippen LogP contribution in [0.5, 0.6) is 0 Å². The third kappa shape index (κ3) is 8.86. The molecule has 3 aromatic rings. The molecule has 0 radical (unpaired) electrons. The third-order valence-electron chi connectivity index (χ3n) is 7.01. The Kier molecular flexibility index (Phi) is 12.7. The normalized spacial score (nSPS) is 19.2. The van der Waals surface area contributed by atoms with Crippen molar-refractivity contribution >= 4 is 43.2 Å². The summed E-state index contributed by atoms with van der Waals surface area (Å²) in [5.74, 6) is 0.766. The first-order valence-corrected chi connectivity index (χ1v) is 17.2. The Morgan fingerprint density at radius 2 is 2.13 bits per heavy atom. The minimum Gasteiger partial charge on any atom is -0.394 e. The molecule has 0 bridgehead atoms. The number of hydrogen-bond acceptors (Lipinski definition) is 10. The molecule has 2 N–H and O–H groups in total. The van der Waals surface area contributed by atoms with E-state index in [0.29, 0.717) is 34.1 Å². The molecule has 0 spiro atoms. The number of carbonyl (C=O) groups excluding carboxylic acids is 1. The molecule has 1 aromatic carbocycles. The van der Waals surface area contributed by atoms with Crippen LogP contribution in [0.1, 0.15) is 63.5 Å². The number of hydrogen-bond donors (Lipinski definition) is 2. The van der Waals surface area contributed by atoms with Crippen LogP contribution in [-0.2, 0) is 13.8 Å². The van der Waals surface area contributed by atoms with Crippen LogP contribution in [0.3, 0.4) is 0 Å². The van der Waals surface area contributed by atoms with Gasteiger partial charge in [-0.1, -0.05) is 36.0 Å². The number of nitrogens with zero attached hydrogens (tertiary/aromatic N) is 6. The summed E-state index contributed by atoms with van der Waals surface area (Å²) < 4.78 is 30.9. The molecule has 242 valence electrons. The SMILES string of the molecule is [3H]OCC1OC(n2c(SCCCC=C)nc3c(NC(=O)c4ccccc4)ncnc32)CC1OP(OCC[N+]#[C-])N(C(C)C)C(C)C. The monoisotopic (exact) mass is 657 g/mol. The fraction of sp³-hybridized carbons (Fsp3) is 0.516. The van der Waals surface area contributed by atoms with Crippen molar-refractivity contribution in [2.45, 2.75) is 82.6 Å². The van der Waals surface area contributed by atoms with Gasteiger partial charge < -0.3 is 29.1 Å². The van der Waals surface area contributed by atoms with Crippen LogP contribution in [0.4, 0.5) is 5.82 Å². The molecular weight excluding hydrogens is 613 g/mol. The molecule has 2 aromatic heterocycles. The lowest BCUT2D eigenvalue weighted by Gasteiger charge is -2.37. The highest BCUT2D eigenvalue weighted by molar-refractivity contribution is 7.99. The van der Waals surface area contributed by atoms with Gasteiger partial charge in [-0.3, -0.25) is 9.36 Å². The van der Waals surface area contributed by atoms with Gasteiger partial charge in [0, 0.05) is 29.8 Å². The molecule has 12 nitrogen and oxygen atoms in total. The molecule has 1 fully saturated rings. The first kappa shape index (κ1) is 33.4. The number of benzene rings is 1. The maximum atomic E-state index is 13.0. The molecule has 3 heterocycles. The number of anilines is 1. The predicted octanol–water partition coefficient (Wildman–Crippen LogP) is 6.08. The Balaban J connectivity index is 1.68. The summed E-state index contributed by atoms with van der Waals surface area (Å²) in [5.41, 5.74) is 1.44. The molecule has 4 rings (SSSR count). The Bertz CT molecular complexity index is 1470. The molecular formula is C31H42N7O5PS. The van der Waals surface area contributed by atoms with Gasteiger partial charge in [0.15, 0.2) is 22.1 Å². The number of amides is 1. The molecule has 0 aliphatic carbocycles. The lowest BCUT2D eigenvalue weighted by Crippen LogP contribution is -2.36. The van der Waals surface area contributed by atoms with Crippen LogP contribution in [0, 0.1) is 6.57 Å². The van der Waals surface area contributed by atoms with Crippen LogP contribution in [0.25, 0.3) is 16.0 Å². The summed E-state index contributed by atoms with van der Waals surface area (Å²) in [4.78, 5) is 30.3. The van der Waals surface area contributed by atoms with Crippen molar-refractivity contribution in [3.63, 3.8) is 0 Å². The van der Waals surface area contributed by atoms with E-state index < -0.39 is 27.0 Å². The average Bonchev–Trinajstić information content (AvgIpc) is 3.60. The van der Waals surface area contributed by atoms with Crippen molar-refractivity contribution in [3.05, 3.63) is 66.3 Å². The van der Waals surface area contributed by atoms with Gasteiger partial charge in [-0.25, -0.2) is 26.2 Å². The van der Waals surface area contributed by atoms with Crippen LogP contribution in [0.2, 0.25) is 0 Å². The van der Waals surface area contributed by atoms with E-state index in [1.165, 1.54) is 6.33 Å². The number of nitrogens with one attached hydrogen (secondary N) is 1. The van der Waals surface area contributed by atoms with Gasteiger partial charge in [-0.2, -0.15) is 0 Å². The number of unbranched alkanes of at least 4 members (excludes halogenated alkanes) is 1. The van der Waals surface area contributed by atoms with Crippen molar-refractivity contribution in [2.24, 2.45) is 0 Å². The maximum absolute atomic E-state index is 13.0. The van der Waals surface area contributed by atoms with Gasteiger partial charge in [-0.05, 0) is 52.7 Å². The quantitative estimate of drug-likeness (QED) is 0.0546. The van der Waals surface area contributed by atoms with Gasteiger partial charge in [0.25, 0.3) is 14.4 Å². The largest absolute Gasteiger partial charge is 0.394 e. The van der Waals surface area contributed by atoms with E-state index in [9.17, 15) is 4.79 Å². The maximum Gasteiger partial charge on any atom is 0.259 e. The molecule has 4 unspecified atom stereocenters. The zero-order valence-corrected chi connectivity index (χ0v) is 27.9. The minimum absolute atomic E-state index is 0.0163. The number of aliphatic hydroxyl groups is 1. The number of carbonyl (C=O) groups is 1. The van der Waals surface area contributed by atoms with Crippen molar-refractivity contribution in [2.75, 3.05) is 30.8 Å². The molecule has 4 atom stereocenters. The second-order valence-corrected chi connectivity index (χ2v) is 13.4. The summed E-state index contributed by atoms with van der Waals surface area (Å²) in [7, 11) is -1.55. The number of rotatable bonds is 18. The van der Waals surface area contributed by atoms with Crippen molar-refractivity contribution < 1.29 is 23.7 Å². The molecule has 14 heteroatoms. The Morgan fingerprint density at radius 1 is 1.36 bits per heavy atom. The predicted molar refractivity (Wildman–Crippen MR) is 177 cm³/mol. The van der Waals surface area contributed by atoms with Gasteiger partial charge in [0.2, 0.25) is 7.98 Å². The number of fused-ring (bicyclic) bond motifs is 1. The fourth-order valence-corrected chi connectivity index (χ4v) is 7.77. The Morgan fingerprint density at radius 3 is 2.82 bits per heavy atom. The summed E-state index contributed by atoms with van der Waals surface area (Å²) >= 11 is 1.56. The number of ether oxygens (including phenoxy) is 1. The highest BCUT2D eigenvalue weighted by atomic mass is 32.2. The van der Waals surface area contributed by atoms with Gasteiger partial charge in [-0.15, -0.1) is 6.58 Å². The Hall–Kier alpha value is -2.95. The average molecular weight is 658 g/mol. The van der Waals surface area contributed by atoms with E-state index in [0.717, 1.165) is 18.6 Å². The van der Waals surface area contributed by atoms with Crippen LogP contribution >= 0.6 is 20.3 Å². The number of allylic oxidation sites excluding steroid dienone is 1. The van der Waals surface area contributed by atoms with E-state index in [-0.39, 0.29) is 37.7 Å². The van der Waals surface area contributed by atoms with E-state index in [2.05, 4.69) is 59.1 Å². The smallest absolute Gasteiger partial charge is 0.259 e. The summed E-state index contributed by atoms with van der Waals surface area (Å²) in [6.07, 6.45) is 3.84. The van der Waals surface area contributed by atoms with E-state index in [4.69, 9.17) is 31.9 Å². The van der Waals surface area contributed by atoms with Gasteiger partial charge in [0.05, 0.1) is 12.7 Å². The second kappa shape index (κ2) is 17.1. The van der Waals surface area contributed by atoms with Crippen molar-refractivity contribution in [1.29, 1.82) is 1.43 Å². The molecule has 45 heavy (non-hydrogen) atoms. The lowest BCUT2D eigenvalue weighted by atomic mass is 10.2. The van der Waals surface area contributed by atoms with Gasteiger partial charge in [0.1, 0.15) is 25.3 Å². The van der Waals surface area contributed by atoms with Crippen LogP contribution in [0.15, 0.2) is 54.5 Å². The van der Waals surface area contributed by atoms with E-state index in [1.807, 2.05) is 16.7 Å². The van der Waals surface area contributed by atoms with E-state index in [1.54, 1.807) is 36.0 Å². The minimum atomic E-state index is -1.55. The molecule has 1 saturated heterocycles. The topological polar surface area (TPSA) is 128 Å². The van der Waals surface area contributed by atoms with E-state index >= 15 is 0 Å². The van der Waals surface area contributed by atoms with Crippen molar-refractivity contribution in [3.8, 4) is 0 Å². The van der Waals surface area contributed by atoms with Crippen LogP contribution in [-0.4, -0.2) is 86.4 Å². The fourth-order valence-electron chi connectivity index (χ4n) is 5.03. The zero-order chi connectivity index (χ0) is 33.1. The lowest BCUT2D eigenvalue weighted by molar-refractivity contribution is -0.0437. The first-order chi connectivity index (χ1) is 22.3. The number of thioether (sulfide) groups is 1. The number of aliphatic hydroxyl groups excluding tert-OH is 1. The molecule has 1 aliphatic rings. The summed E-state index contributed by atoms with van der Waals surface area (Å²) in [6.45, 7) is 19.8. The van der Waals surface area contributed by atoms with Gasteiger partial charge >= 0.3 is 0 Å². The third-order valence-corrected chi connectivity index (χ3v) is 10.2.